The summed E-state index contributed by atoms with van der Waals surface area (Å²) in [5.74, 6) is 1.87. The summed E-state index contributed by atoms with van der Waals surface area (Å²) in [6.45, 7) is 5.34. The summed E-state index contributed by atoms with van der Waals surface area (Å²) in [6, 6.07) is 8.46. The molecule has 1 aliphatic heterocycles. The van der Waals surface area contributed by atoms with Gasteiger partial charge in [-0.3, -0.25) is 4.79 Å². The summed E-state index contributed by atoms with van der Waals surface area (Å²) in [5.41, 5.74) is 3.24. The lowest BCUT2D eigenvalue weighted by molar-refractivity contribution is -0.122. The summed E-state index contributed by atoms with van der Waals surface area (Å²) in [6.07, 6.45) is 1.33. The normalized spacial score (nSPS) is 17.3. The van der Waals surface area contributed by atoms with Crippen LogP contribution >= 0.6 is 11.3 Å². The molecule has 0 saturated carbocycles. The maximum absolute atomic E-state index is 11.5. The molecule has 2 aromatic heterocycles. The van der Waals surface area contributed by atoms with Crippen molar-refractivity contribution in [2.75, 3.05) is 6.54 Å². The van der Waals surface area contributed by atoms with Crippen LogP contribution in [0.2, 0.25) is 0 Å². The van der Waals surface area contributed by atoms with E-state index < -0.39 is 0 Å². The number of nitrogens with one attached hydrogen (secondary N) is 1. The quantitative estimate of drug-likeness (QED) is 0.769. The summed E-state index contributed by atoms with van der Waals surface area (Å²) >= 11 is 1.60. The van der Waals surface area contributed by atoms with E-state index >= 15 is 0 Å². The van der Waals surface area contributed by atoms with Crippen LogP contribution in [0.1, 0.15) is 40.7 Å². The molecule has 1 N–H and O–H groups in total. The average Bonchev–Trinajstić information content (AvgIpc) is 3.24. The van der Waals surface area contributed by atoms with Crippen LogP contribution < -0.4 is 5.32 Å². The Morgan fingerprint density at radius 1 is 1.23 bits per heavy atom. The number of hydrogen-bond acceptors (Lipinski definition) is 5. The van der Waals surface area contributed by atoms with Crippen LogP contribution in [0.5, 0.6) is 0 Å². The second kappa shape index (κ2) is 6.99. The molecule has 0 spiro atoms. The molecular formula is C19H21N5OS. The van der Waals surface area contributed by atoms with Crippen LogP contribution in [-0.2, 0) is 11.3 Å². The van der Waals surface area contributed by atoms with Crippen molar-refractivity contribution in [1.82, 2.24) is 25.1 Å². The number of carbonyl (C=O) groups excluding carboxylic acids is 1. The molecule has 0 radical (unpaired) electrons. The van der Waals surface area contributed by atoms with Crippen molar-refractivity contribution in [2.24, 2.45) is 0 Å². The van der Waals surface area contributed by atoms with Gasteiger partial charge in [-0.05, 0) is 25.8 Å². The fraction of sp³-hybridized carbons (Fsp3) is 0.368. The highest BCUT2D eigenvalue weighted by molar-refractivity contribution is 7.09. The second-order valence-electron chi connectivity index (χ2n) is 6.73. The van der Waals surface area contributed by atoms with Gasteiger partial charge in [0.1, 0.15) is 11.5 Å². The van der Waals surface area contributed by atoms with Crippen LogP contribution in [0.25, 0.3) is 11.5 Å². The van der Waals surface area contributed by atoms with Gasteiger partial charge in [-0.2, -0.15) is 0 Å². The molecule has 7 heteroatoms. The zero-order valence-electron chi connectivity index (χ0n) is 14.9. The van der Waals surface area contributed by atoms with Gasteiger partial charge in [-0.15, -0.1) is 16.4 Å². The molecule has 1 saturated heterocycles. The van der Waals surface area contributed by atoms with Gasteiger partial charge in [0.25, 0.3) is 0 Å². The molecule has 1 atom stereocenters. The van der Waals surface area contributed by atoms with Crippen molar-refractivity contribution in [1.29, 1.82) is 0 Å². The first-order valence-corrected chi connectivity index (χ1v) is 9.66. The largest absolute Gasteiger partial charge is 0.355 e. The Bertz CT molecular complexity index is 918. The van der Waals surface area contributed by atoms with E-state index in [9.17, 15) is 4.79 Å². The van der Waals surface area contributed by atoms with E-state index in [1.807, 2.05) is 17.0 Å². The number of aromatic nitrogens is 4. The molecule has 1 fully saturated rings. The molecule has 1 aromatic carbocycles. The number of aryl methyl sites for hydroxylation is 2. The zero-order chi connectivity index (χ0) is 18.1. The molecule has 4 rings (SSSR count). The molecule has 0 aliphatic carbocycles. The van der Waals surface area contributed by atoms with Crippen molar-refractivity contribution in [2.45, 2.75) is 39.2 Å². The third-order valence-electron chi connectivity index (χ3n) is 4.63. The number of rotatable bonds is 4. The van der Waals surface area contributed by atoms with Gasteiger partial charge in [0, 0.05) is 24.3 Å². The number of amides is 1. The molecule has 3 aromatic rings. The molecule has 1 unspecified atom stereocenters. The van der Waals surface area contributed by atoms with Gasteiger partial charge in [0.05, 0.1) is 11.6 Å². The topological polar surface area (TPSA) is 72.7 Å². The lowest BCUT2D eigenvalue weighted by Crippen LogP contribution is -2.35. The molecule has 3 heterocycles. The van der Waals surface area contributed by atoms with Crippen molar-refractivity contribution >= 4 is 17.2 Å². The minimum Gasteiger partial charge on any atom is -0.355 e. The fourth-order valence-electron chi connectivity index (χ4n) is 3.17. The molecule has 0 bridgehead atoms. The molecule has 6 nitrogen and oxygen atoms in total. The standard InChI is InChI=1S/C19H21N5OS/c1-12-3-5-14(6-4-12)10-24-19(15-7-8-17(25)20-9-15)22-18(23-24)16-11-26-13(2)21-16/h3-6,11,15H,7-10H2,1-2H3,(H,20,25). The van der Waals surface area contributed by atoms with E-state index in [4.69, 9.17) is 10.1 Å². The van der Waals surface area contributed by atoms with Crippen LogP contribution in [0, 0.1) is 13.8 Å². The number of piperidine rings is 1. The Labute approximate surface area is 156 Å². The van der Waals surface area contributed by atoms with Crippen molar-refractivity contribution < 1.29 is 4.79 Å². The van der Waals surface area contributed by atoms with Crippen LogP contribution in [0.4, 0.5) is 0 Å². The van der Waals surface area contributed by atoms with Crippen molar-refractivity contribution in [3.63, 3.8) is 0 Å². The SMILES string of the molecule is Cc1ccc(Cn2nc(-c3csc(C)n3)nc2C2CCC(=O)NC2)cc1. The summed E-state index contributed by atoms with van der Waals surface area (Å²) in [4.78, 5) is 20.8. The monoisotopic (exact) mass is 367 g/mol. The average molecular weight is 367 g/mol. The lowest BCUT2D eigenvalue weighted by atomic mass is 9.98. The van der Waals surface area contributed by atoms with E-state index in [0.29, 0.717) is 25.3 Å². The third kappa shape index (κ3) is 3.53. The number of benzene rings is 1. The maximum atomic E-state index is 11.5. The van der Waals surface area contributed by atoms with E-state index in [2.05, 4.69) is 41.5 Å². The minimum atomic E-state index is 0.112. The highest BCUT2D eigenvalue weighted by Crippen LogP contribution is 2.26. The first-order chi connectivity index (χ1) is 12.6. The molecule has 26 heavy (non-hydrogen) atoms. The number of hydrogen-bond donors (Lipinski definition) is 1. The number of nitrogens with zero attached hydrogens (tertiary/aromatic N) is 4. The molecular weight excluding hydrogens is 346 g/mol. The molecule has 134 valence electrons. The van der Waals surface area contributed by atoms with Crippen molar-refractivity contribution in [3.05, 3.63) is 51.6 Å². The fourth-order valence-corrected chi connectivity index (χ4v) is 3.76. The van der Waals surface area contributed by atoms with Crippen LogP contribution in [-0.4, -0.2) is 32.2 Å². The Balaban J connectivity index is 1.68. The Morgan fingerprint density at radius 3 is 2.69 bits per heavy atom. The van der Waals surface area contributed by atoms with Gasteiger partial charge in [0.15, 0.2) is 0 Å². The minimum absolute atomic E-state index is 0.112. The first kappa shape index (κ1) is 16.9. The summed E-state index contributed by atoms with van der Waals surface area (Å²) in [5, 5.41) is 10.7. The zero-order valence-corrected chi connectivity index (χ0v) is 15.7. The van der Waals surface area contributed by atoms with E-state index in [0.717, 1.165) is 22.9 Å². The first-order valence-electron chi connectivity index (χ1n) is 8.78. The predicted octanol–water partition coefficient (Wildman–Crippen LogP) is 3.06. The van der Waals surface area contributed by atoms with Crippen LogP contribution in [0.15, 0.2) is 29.6 Å². The highest BCUT2D eigenvalue weighted by Gasteiger charge is 2.26. The highest BCUT2D eigenvalue weighted by atomic mass is 32.1. The lowest BCUT2D eigenvalue weighted by Gasteiger charge is -2.22. The number of thiazole rings is 1. The Kier molecular flexibility index (Phi) is 4.55. The van der Waals surface area contributed by atoms with Gasteiger partial charge in [-0.25, -0.2) is 14.6 Å². The Morgan fingerprint density at radius 2 is 2.04 bits per heavy atom. The van der Waals surface area contributed by atoms with Gasteiger partial charge >= 0.3 is 0 Å². The van der Waals surface area contributed by atoms with E-state index in [1.165, 1.54) is 11.1 Å². The van der Waals surface area contributed by atoms with Crippen molar-refractivity contribution in [3.8, 4) is 11.5 Å². The number of carbonyl (C=O) groups is 1. The third-order valence-corrected chi connectivity index (χ3v) is 5.41. The smallest absolute Gasteiger partial charge is 0.220 e. The predicted molar refractivity (Wildman–Crippen MR) is 101 cm³/mol. The molecule has 1 aliphatic rings. The Hall–Kier alpha value is -2.54. The summed E-state index contributed by atoms with van der Waals surface area (Å²) < 4.78 is 1.97. The van der Waals surface area contributed by atoms with Gasteiger partial charge in [0.2, 0.25) is 11.7 Å². The van der Waals surface area contributed by atoms with E-state index in [-0.39, 0.29) is 11.8 Å². The van der Waals surface area contributed by atoms with Gasteiger partial charge < -0.3 is 5.32 Å². The second-order valence-corrected chi connectivity index (χ2v) is 7.79. The summed E-state index contributed by atoms with van der Waals surface area (Å²) in [7, 11) is 0. The van der Waals surface area contributed by atoms with Crippen LogP contribution in [0.3, 0.4) is 0 Å². The van der Waals surface area contributed by atoms with E-state index in [1.54, 1.807) is 11.3 Å². The maximum Gasteiger partial charge on any atom is 0.220 e. The molecule has 1 amide bonds. The van der Waals surface area contributed by atoms with Gasteiger partial charge in [-0.1, -0.05) is 29.8 Å².